The maximum Gasteiger partial charge on any atom is 0.0208 e. The van der Waals surface area contributed by atoms with E-state index in [0.717, 1.165) is 19.3 Å². The van der Waals surface area contributed by atoms with Crippen molar-refractivity contribution in [3.05, 3.63) is 124 Å². The van der Waals surface area contributed by atoms with Gasteiger partial charge in [0.15, 0.2) is 0 Å². The fourth-order valence-corrected chi connectivity index (χ4v) is 5.61. The number of hydrogen-bond acceptors (Lipinski definition) is 0. The quantitative estimate of drug-likeness (QED) is 0.530. The molecule has 2 atom stereocenters. The molecule has 28 heavy (non-hydrogen) atoms. The first-order chi connectivity index (χ1) is 13.9. The van der Waals surface area contributed by atoms with Crippen LogP contribution in [0.25, 0.3) is 5.57 Å². The fourth-order valence-electron chi connectivity index (χ4n) is 5.61. The molecular weight excluding hydrogens is 336 g/mol. The molecule has 0 N–H and O–H groups in total. The van der Waals surface area contributed by atoms with Gasteiger partial charge in [-0.3, -0.25) is 0 Å². The molecule has 0 heterocycles. The molecule has 5 aliphatic rings. The van der Waals surface area contributed by atoms with Crippen molar-refractivity contribution in [2.24, 2.45) is 11.8 Å². The van der Waals surface area contributed by atoms with E-state index in [1.54, 1.807) is 11.1 Å². The van der Waals surface area contributed by atoms with Crippen molar-refractivity contribution in [1.82, 2.24) is 0 Å². The smallest absolute Gasteiger partial charge is 0.0208 e. The van der Waals surface area contributed by atoms with Crippen molar-refractivity contribution in [3.63, 3.8) is 0 Å². The van der Waals surface area contributed by atoms with Crippen LogP contribution in [-0.4, -0.2) is 0 Å². The van der Waals surface area contributed by atoms with Gasteiger partial charge in [-0.15, -0.1) is 0 Å². The highest BCUT2D eigenvalue weighted by molar-refractivity contribution is 5.81. The zero-order valence-corrected chi connectivity index (χ0v) is 16.1. The van der Waals surface area contributed by atoms with Crippen molar-refractivity contribution in [2.75, 3.05) is 0 Å². The average Bonchev–Trinajstić information content (AvgIpc) is 2.78. The van der Waals surface area contributed by atoms with Crippen molar-refractivity contribution in [2.45, 2.75) is 25.7 Å². The van der Waals surface area contributed by atoms with Crippen LogP contribution in [0, 0.1) is 11.8 Å². The van der Waals surface area contributed by atoms with E-state index < -0.39 is 0 Å². The molecule has 0 nitrogen and oxygen atoms in total. The summed E-state index contributed by atoms with van der Waals surface area (Å²) in [6, 6.07) is 11.1. The summed E-state index contributed by atoms with van der Waals surface area (Å²) in [5, 5.41) is 0. The Morgan fingerprint density at radius 3 is 2.57 bits per heavy atom. The Bertz CT molecular complexity index is 1090. The van der Waals surface area contributed by atoms with Crippen molar-refractivity contribution >= 4 is 5.57 Å². The van der Waals surface area contributed by atoms with Crippen molar-refractivity contribution < 1.29 is 0 Å². The minimum Gasteiger partial charge on any atom is -0.0842 e. The summed E-state index contributed by atoms with van der Waals surface area (Å²) in [5.41, 5.74) is 12.0. The normalized spacial score (nSPS) is 27.4. The van der Waals surface area contributed by atoms with Gasteiger partial charge in [0.05, 0.1) is 0 Å². The van der Waals surface area contributed by atoms with Gasteiger partial charge < -0.3 is 0 Å². The molecule has 0 saturated heterocycles. The Balaban J connectivity index is 1.60. The highest BCUT2D eigenvalue weighted by atomic mass is 14.4. The van der Waals surface area contributed by atoms with Crippen LogP contribution < -0.4 is 0 Å². The maximum atomic E-state index is 2.54. The molecule has 0 aromatic heterocycles. The van der Waals surface area contributed by atoms with Crippen LogP contribution in [0.3, 0.4) is 0 Å². The molecule has 0 saturated carbocycles. The summed E-state index contributed by atoms with van der Waals surface area (Å²) in [4.78, 5) is 0. The van der Waals surface area contributed by atoms with E-state index >= 15 is 0 Å². The second-order valence-corrected chi connectivity index (χ2v) is 8.34. The number of hydrogen-bond donors (Lipinski definition) is 0. The number of benzene rings is 1. The summed E-state index contributed by atoms with van der Waals surface area (Å²) >= 11 is 0. The molecule has 0 bridgehead atoms. The third kappa shape index (κ3) is 2.37. The molecule has 5 aliphatic carbocycles. The first kappa shape index (κ1) is 16.1. The highest BCUT2D eigenvalue weighted by Crippen LogP contribution is 2.55. The van der Waals surface area contributed by atoms with E-state index in [-0.39, 0.29) is 0 Å². The summed E-state index contributed by atoms with van der Waals surface area (Å²) in [6.07, 6.45) is 26.0. The lowest BCUT2D eigenvalue weighted by Crippen LogP contribution is -2.31. The van der Waals surface area contributed by atoms with E-state index in [1.807, 2.05) is 0 Å². The predicted octanol–water partition coefficient (Wildman–Crippen LogP) is 7.05. The molecule has 0 radical (unpaired) electrons. The van der Waals surface area contributed by atoms with Gasteiger partial charge in [-0.2, -0.15) is 0 Å². The molecular formula is C28H24. The second-order valence-electron chi connectivity index (χ2n) is 8.34. The molecule has 2 unspecified atom stereocenters. The first-order valence-corrected chi connectivity index (χ1v) is 10.6. The minimum atomic E-state index is 0.422. The molecule has 6 rings (SSSR count). The lowest BCUT2D eigenvalue weighted by atomic mass is 9.59. The van der Waals surface area contributed by atoms with Crippen LogP contribution in [0.2, 0.25) is 0 Å². The van der Waals surface area contributed by atoms with Crippen LogP contribution in [0.15, 0.2) is 118 Å². The van der Waals surface area contributed by atoms with Crippen LogP contribution in [0.4, 0.5) is 0 Å². The largest absolute Gasteiger partial charge is 0.0842 e. The van der Waals surface area contributed by atoms with Gasteiger partial charge in [-0.25, -0.2) is 0 Å². The Hall–Kier alpha value is -2.86. The van der Waals surface area contributed by atoms with Crippen LogP contribution in [0.1, 0.15) is 31.2 Å². The van der Waals surface area contributed by atoms with E-state index in [2.05, 4.69) is 85.0 Å². The van der Waals surface area contributed by atoms with Gasteiger partial charge in [-0.05, 0) is 70.3 Å². The summed E-state index contributed by atoms with van der Waals surface area (Å²) in [7, 11) is 0. The molecule has 136 valence electrons. The van der Waals surface area contributed by atoms with Gasteiger partial charge in [0, 0.05) is 11.8 Å². The van der Waals surface area contributed by atoms with E-state index in [4.69, 9.17) is 0 Å². The van der Waals surface area contributed by atoms with Gasteiger partial charge >= 0.3 is 0 Å². The van der Waals surface area contributed by atoms with Crippen LogP contribution in [0.5, 0.6) is 0 Å². The van der Waals surface area contributed by atoms with Gasteiger partial charge in [-0.1, -0.05) is 85.0 Å². The van der Waals surface area contributed by atoms with Gasteiger partial charge in [0.1, 0.15) is 0 Å². The molecule has 1 aromatic rings. The Kier molecular flexibility index (Phi) is 3.65. The molecule has 0 heteroatoms. The average molecular weight is 361 g/mol. The SMILES string of the molecule is C1=CCCC(C2=CC=C3C=CC4=CCCC5=C4C3C2C(c2ccccc2)=C5)=C1. The van der Waals surface area contributed by atoms with Crippen molar-refractivity contribution in [1.29, 1.82) is 0 Å². The Labute approximate surface area is 167 Å². The van der Waals surface area contributed by atoms with E-state index in [1.165, 1.54) is 39.8 Å². The molecule has 1 aromatic carbocycles. The van der Waals surface area contributed by atoms with Crippen LogP contribution >= 0.6 is 0 Å². The van der Waals surface area contributed by atoms with Gasteiger partial charge in [0.2, 0.25) is 0 Å². The van der Waals surface area contributed by atoms with Gasteiger partial charge in [0.25, 0.3) is 0 Å². The zero-order valence-electron chi connectivity index (χ0n) is 16.1. The lowest BCUT2D eigenvalue weighted by Gasteiger charge is -2.44. The third-order valence-corrected chi connectivity index (χ3v) is 6.84. The summed E-state index contributed by atoms with van der Waals surface area (Å²) in [6.45, 7) is 0. The molecule has 0 aliphatic heterocycles. The first-order valence-electron chi connectivity index (χ1n) is 10.6. The highest BCUT2D eigenvalue weighted by Gasteiger charge is 2.42. The Morgan fingerprint density at radius 1 is 0.786 bits per heavy atom. The zero-order chi connectivity index (χ0) is 18.5. The second kappa shape index (κ2) is 6.34. The molecule has 0 spiro atoms. The van der Waals surface area contributed by atoms with Crippen LogP contribution in [-0.2, 0) is 0 Å². The number of rotatable bonds is 2. The minimum absolute atomic E-state index is 0.422. The Morgan fingerprint density at radius 2 is 1.71 bits per heavy atom. The standard InChI is InChI=1S/C28H24/c1-3-8-19(9-4-1)24-17-16-22-15-14-21-12-7-13-23-18-25(20-10-5-2-6-11-20)28(24)27(22)26(21)23/h1-3,5-6,8,10-12,14-18,27-28H,4,7,9,13H2. The monoisotopic (exact) mass is 360 g/mol. The molecule has 0 amide bonds. The van der Waals surface area contributed by atoms with Crippen molar-refractivity contribution in [3.8, 4) is 0 Å². The number of allylic oxidation sites excluding steroid dienone is 16. The topological polar surface area (TPSA) is 0 Å². The van der Waals surface area contributed by atoms with E-state index in [9.17, 15) is 0 Å². The molecule has 0 fully saturated rings. The third-order valence-electron chi connectivity index (χ3n) is 6.84. The fraction of sp³-hybridized carbons (Fsp3) is 0.214. The van der Waals surface area contributed by atoms with E-state index in [0.29, 0.717) is 11.8 Å². The maximum absolute atomic E-state index is 2.54. The predicted molar refractivity (Wildman–Crippen MR) is 118 cm³/mol. The lowest BCUT2D eigenvalue weighted by molar-refractivity contribution is 0.575. The summed E-state index contributed by atoms with van der Waals surface area (Å²) < 4.78 is 0. The summed E-state index contributed by atoms with van der Waals surface area (Å²) in [5.74, 6) is 0.893.